The molecule has 1 N–H and O–H groups in total. The molecule has 140 valence electrons. The number of nitrogens with zero attached hydrogens (tertiary/aromatic N) is 1. The fraction of sp³-hybridized carbons (Fsp3) is 0.333. The molecule has 0 bridgehead atoms. The molecule has 1 heterocycles. The van der Waals surface area contributed by atoms with E-state index in [9.17, 15) is 9.59 Å². The summed E-state index contributed by atoms with van der Waals surface area (Å²) in [6.45, 7) is 0.548. The zero-order chi connectivity index (χ0) is 19.0. The number of carbonyl (C=O) groups excluding carboxylic acids is 2. The minimum Gasteiger partial charge on any atom is -0.351 e. The molecule has 6 heteroatoms. The molecule has 2 aromatic carbocycles. The first kappa shape index (κ1) is 18.3. The van der Waals surface area contributed by atoms with E-state index in [1.54, 1.807) is 23.1 Å². The molecule has 1 saturated heterocycles. The Hall–Kier alpha value is -2.04. The summed E-state index contributed by atoms with van der Waals surface area (Å²) in [5.41, 5.74) is 1.59. The monoisotopic (exact) mass is 402 g/mol. The van der Waals surface area contributed by atoms with E-state index in [1.807, 2.05) is 18.2 Å². The van der Waals surface area contributed by atoms with E-state index in [-0.39, 0.29) is 17.9 Å². The van der Waals surface area contributed by atoms with Crippen LogP contribution in [0.25, 0.3) is 0 Å². The van der Waals surface area contributed by atoms with Gasteiger partial charge in [0.2, 0.25) is 5.91 Å². The molecule has 0 radical (unpaired) electrons. The van der Waals surface area contributed by atoms with Gasteiger partial charge in [-0.3, -0.25) is 9.59 Å². The summed E-state index contributed by atoms with van der Waals surface area (Å²) in [7, 11) is 0. The van der Waals surface area contributed by atoms with Gasteiger partial charge in [0, 0.05) is 23.5 Å². The largest absolute Gasteiger partial charge is 0.351 e. The molecule has 4 rings (SSSR count). The van der Waals surface area contributed by atoms with Gasteiger partial charge in [-0.1, -0.05) is 53.5 Å². The summed E-state index contributed by atoms with van der Waals surface area (Å²) in [6.07, 6.45) is 2.41. The highest BCUT2D eigenvalue weighted by Gasteiger charge is 2.42. The first-order valence-corrected chi connectivity index (χ1v) is 9.91. The number of carbonyl (C=O) groups is 2. The van der Waals surface area contributed by atoms with Crippen LogP contribution in [0.3, 0.4) is 0 Å². The summed E-state index contributed by atoms with van der Waals surface area (Å²) in [6, 6.07) is 14.7. The molecular weight excluding hydrogens is 383 g/mol. The lowest BCUT2D eigenvalue weighted by Gasteiger charge is -2.24. The summed E-state index contributed by atoms with van der Waals surface area (Å²) in [5.74, 6) is 0.0427. The van der Waals surface area contributed by atoms with Crippen molar-refractivity contribution in [3.8, 4) is 0 Å². The van der Waals surface area contributed by atoms with Crippen LogP contribution in [-0.4, -0.2) is 35.3 Å². The molecule has 3 atom stereocenters. The maximum Gasteiger partial charge on any atom is 0.256 e. The Kier molecular flexibility index (Phi) is 5.11. The third kappa shape index (κ3) is 3.83. The molecule has 27 heavy (non-hydrogen) atoms. The van der Waals surface area contributed by atoms with Crippen molar-refractivity contribution in [1.29, 1.82) is 0 Å². The van der Waals surface area contributed by atoms with E-state index in [0.717, 1.165) is 12.8 Å². The molecule has 2 aliphatic rings. The third-order valence-corrected chi connectivity index (χ3v) is 5.89. The van der Waals surface area contributed by atoms with Crippen LogP contribution in [0.15, 0.2) is 48.5 Å². The third-order valence-electron chi connectivity index (χ3n) is 5.32. The number of hydrogen-bond acceptors (Lipinski definition) is 2. The van der Waals surface area contributed by atoms with Crippen molar-refractivity contribution in [2.45, 2.75) is 37.3 Å². The van der Waals surface area contributed by atoms with Crippen LogP contribution in [0.5, 0.6) is 0 Å². The van der Waals surface area contributed by atoms with Crippen LogP contribution in [0.2, 0.25) is 10.0 Å². The fourth-order valence-corrected chi connectivity index (χ4v) is 4.17. The maximum absolute atomic E-state index is 12.9. The molecule has 1 saturated carbocycles. The van der Waals surface area contributed by atoms with Crippen molar-refractivity contribution >= 4 is 35.0 Å². The zero-order valence-electron chi connectivity index (χ0n) is 14.7. The molecule has 2 aromatic rings. The van der Waals surface area contributed by atoms with Crippen molar-refractivity contribution in [2.75, 3.05) is 6.54 Å². The predicted molar refractivity (Wildman–Crippen MR) is 106 cm³/mol. The lowest BCUT2D eigenvalue weighted by atomic mass is 10.1. The number of likely N-dealkylation sites (tertiary alicyclic amines) is 1. The van der Waals surface area contributed by atoms with Gasteiger partial charge in [0.05, 0.1) is 10.6 Å². The van der Waals surface area contributed by atoms with Crippen LogP contribution in [0, 0.1) is 0 Å². The Labute approximate surface area is 168 Å². The molecule has 0 spiro atoms. The van der Waals surface area contributed by atoms with E-state index in [0.29, 0.717) is 34.5 Å². The van der Waals surface area contributed by atoms with Crippen LogP contribution in [-0.2, 0) is 4.79 Å². The van der Waals surface area contributed by atoms with Crippen LogP contribution < -0.4 is 5.32 Å². The van der Waals surface area contributed by atoms with Crippen LogP contribution in [0.1, 0.15) is 41.1 Å². The van der Waals surface area contributed by atoms with Gasteiger partial charge in [-0.25, -0.2) is 0 Å². The van der Waals surface area contributed by atoms with Gasteiger partial charge < -0.3 is 10.2 Å². The summed E-state index contributed by atoms with van der Waals surface area (Å²) < 4.78 is 0. The summed E-state index contributed by atoms with van der Waals surface area (Å²) in [5, 5.41) is 3.91. The number of hydrogen-bond donors (Lipinski definition) is 1. The average molecular weight is 403 g/mol. The second-order valence-electron chi connectivity index (χ2n) is 7.15. The second kappa shape index (κ2) is 7.53. The normalized spacial score (nSPS) is 23.9. The summed E-state index contributed by atoms with van der Waals surface area (Å²) in [4.78, 5) is 27.3. The Morgan fingerprint density at radius 2 is 1.85 bits per heavy atom. The van der Waals surface area contributed by atoms with Crippen molar-refractivity contribution in [3.05, 3.63) is 69.7 Å². The van der Waals surface area contributed by atoms with Gasteiger partial charge in [-0.2, -0.15) is 0 Å². The first-order valence-electron chi connectivity index (χ1n) is 9.16. The molecule has 4 nitrogen and oxygen atoms in total. The van der Waals surface area contributed by atoms with E-state index in [1.165, 1.54) is 5.56 Å². The minimum atomic E-state index is -0.454. The van der Waals surface area contributed by atoms with Gasteiger partial charge >= 0.3 is 0 Å². The average Bonchev–Trinajstić information content (AvgIpc) is 3.26. The highest BCUT2D eigenvalue weighted by atomic mass is 35.5. The topological polar surface area (TPSA) is 49.4 Å². The highest BCUT2D eigenvalue weighted by molar-refractivity contribution is 6.35. The Morgan fingerprint density at radius 1 is 1.07 bits per heavy atom. The smallest absolute Gasteiger partial charge is 0.256 e. The molecule has 0 aromatic heterocycles. The number of amides is 2. The van der Waals surface area contributed by atoms with Gasteiger partial charge in [-0.15, -0.1) is 0 Å². The van der Waals surface area contributed by atoms with Gasteiger partial charge in [0.25, 0.3) is 5.91 Å². The van der Waals surface area contributed by atoms with E-state index >= 15 is 0 Å². The van der Waals surface area contributed by atoms with E-state index in [2.05, 4.69) is 17.4 Å². The number of halogens is 2. The fourth-order valence-electron chi connectivity index (χ4n) is 3.80. The molecule has 0 unspecified atom stereocenters. The highest BCUT2D eigenvalue weighted by Crippen LogP contribution is 2.41. The lowest BCUT2D eigenvalue weighted by molar-refractivity contribution is -0.125. The number of nitrogens with one attached hydrogen (secondary N) is 1. The van der Waals surface area contributed by atoms with Gasteiger partial charge in [0.1, 0.15) is 6.04 Å². The summed E-state index contributed by atoms with van der Waals surface area (Å²) >= 11 is 12.2. The molecule has 1 aliphatic heterocycles. The first-order chi connectivity index (χ1) is 13.0. The standard InChI is InChI=1S/C21H20Cl2N2O2/c22-14-8-9-17(23)16(11-14)21(27)25-10-4-7-19(25)20(26)24-18-12-15(18)13-5-2-1-3-6-13/h1-3,5-6,8-9,11,15,18-19H,4,7,10,12H2,(H,24,26)/t15-,18-,19+/m1/s1. The van der Waals surface area contributed by atoms with Gasteiger partial charge in [0.15, 0.2) is 0 Å². The van der Waals surface area contributed by atoms with Crippen molar-refractivity contribution in [3.63, 3.8) is 0 Å². The van der Waals surface area contributed by atoms with Crippen molar-refractivity contribution < 1.29 is 9.59 Å². The van der Waals surface area contributed by atoms with Gasteiger partial charge in [-0.05, 0) is 43.0 Å². The predicted octanol–water partition coefficient (Wildman–Crippen LogP) is 4.27. The lowest BCUT2D eigenvalue weighted by Crippen LogP contribution is -2.46. The van der Waals surface area contributed by atoms with Crippen molar-refractivity contribution in [2.24, 2.45) is 0 Å². The molecule has 2 fully saturated rings. The van der Waals surface area contributed by atoms with E-state index < -0.39 is 6.04 Å². The quantitative estimate of drug-likeness (QED) is 0.829. The molecule has 1 aliphatic carbocycles. The molecule has 2 amide bonds. The van der Waals surface area contributed by atoms with Crippen LogP contribution in [0.4, 0.5) is 0 Å². The number of rotatable bonds is 4. The molecular formula is C21H20Cl2N2O2. The van der Waals surface area contributed by atoms with Crippen molar-refractivity contribution in [1.82, 2.24) is 10.2 Å². The minimum absolute atomic E-state index is 0.0811. The number of benzene rings is 2. The Balaban J connectivity index is 1.43. The Morgan fingerprint density at radius 3 is 2.63 bits per heavy atom. The van der Waals surface area contributed by atoms with E-state index in [4.69, 9.17) is 23.2 Å². The maximum atomic E-state index is 12.9. The SMILES string of the molecule is O=C(N[C@@H]1C[C@@H]1c1ccccc1)[C@@H]1CCCN1C(=O)c1cc(Cl)ccc1Cl. The second-order valence-corrected chi connectivity index (χ2v) is 7.99. The zero-order valence-corrected chi connectivity index (χ0v) is 16.2. The Bertz CT molecular complexity index is 872. The van der Waals surface area contributed by atoms with Crippen LogP contribution >= 0.6 is 23.2 Å².